The SMILES string of the molecule is O=C1CCC(NCc2ccc3nonc3c2)CCN1CC1CC1. The summed E-state index contributed by atoms with van der Waals surface area (Å²) >= 11 is 0. The third kappa shape index (κ3) is 3.52. The highest BCUT2D eigenvalue weighted by Gasteiger charge is 2.28. The van der Waals surface area contributed by atoms with Gasteiger partial charge in [-0.15, -0.1) is 0 Å². The molecule has 1 aliphatic heterocycles. The Morgan fingerprint density at radius 1 is 1.17 bits per heavy atom. The van der Waals surface area contributed by atoms with Gasteiger partial charge in [0.2, 0.25) is 5.91 Å². The van der Waals surface area contributed by atoms with Crippen molar-refractivity contribution >= 4 is 16.9 Å². The van der Waals surface area contributed by atoms with Crippen LogP contribution in [0, 0.1) is 5.92 Å². The molecule has 1 saturated carbocycles. The number of amides is 1. The normalized spacial score (nSPS) is 22.5. The molecule has 0 spiro atoms. The van der Waals surface area contributed by atoms with E-state index in [0.29, 0.717) is 18.4 Å². The van der Waals surface area contributed by atoms with E-state index in [-0.39, 0.29) is 0 Å². The lowest BCUT2D eigenvalue weighted by Crippen LogP contribution is -2.33. The number of aromatic nitrogens is 2. The van der Waals surface area contributed by atoms with Gasteiger partial charge in [-0.25, -0.2) is 4.63 Å². The quantitative estimate of drug-likeness (QED) is 0.915. The molecule has 1 amide bonds. The number of fused-ring (bicyclic) bond motifs is 1. The first kappa shape index (κ1) is 14.6. The van der Waals surface area contributed by atoms with Crippen LogP contribution in [0.5, 0.6) is 0 Å². The summed E-state index contributed by atoms with van der Waals surface area (Å²) in [7, 11) is 0. The molecular formula is C17H22N4O2. The van der Waals surface area contributed by atoms with E-state index >= 15 is 0 Å². The molecule has 1 aromatic heterocycles. The summed E-state index contributed by atoms with van der Waals surface area (Å²) < 4.78 is 4.73. The predicted molar refractivity (Wildman–Crippen MR) is 85.6 cm³/mol. The highest BCUT2D eigenvalue weighted by molar-refractivity contribution is 5.76. The Labute approximate surface area is 135 Å². The van der Waals surface area contributed by atoms with Gasteiger partial charge in [0.1, 0.15) is 11.0 Å². The zero-order valence-electron chi connectivity index (χ0n) is 13.2. The van der Waals surface area contributed by atoms with Crippen LogP contribution in [0.3, 0.4) is 0 Å². The van der Waals surface area contributed by atoms with Crippen molar-refractivity contribution in [1.29, 1.82) is 0 Å². The molecule has 0 radical (unpaired) electrons. The van der Waals surface area contributed by atoms with Crippen LogP contribution < -0.4 is 5.32 Å². The topological polar surface area (TPSA) is 71.3 Å². The molecule has 6 heteroatoms. The Balaban J connectivity index is 1.32. The highest BCUT2D eigenvalue weighted by Crippen LogP contribution is 2.30. The average Bonchev–Trinajstić information content (AvgIpc) is 3.29. The maximum Gasteiger partial charge on any atom is 0.222 e. The molecule has 2 heterocycles. The molecule has 1 atom stereocenters. The zero-order chi connectivity index (χ0) is 15.6. The van der Waals surface area contributed by atoms with Crippen molar-refractivity contribution in [1.82, 2.24) is 20.5 Å². The summed E-state index contributed by atoms with van der Waals surface area (Å²) in [5.74, 6) is 1.10. The number of carbonyl (C=O) groups is 1. The molecule has 2 fully saturated rings. The number of hydrogen-bond donors (Lipinski definition) is 1. The van der Waals surface area contributed by atoms with Crippen molar-refractivity contribution in [2.75, 3.05) is 13.1 Å². The molecule has 1 aliphatic carbocycles. The van der Waals surface area contributed by atoms with E-state index in [9.17, 15) is 4.79 Å². The second-order valence-corrected chi connectivity index (χ2v) is 6.78. The number of nitrogens with zero attached hydrogens (tertiary/aromatic N) is 3. The first-order valence-corrected chi connectivity index (χ1v) is 8.50. The van der Waals surface area contributed by atoms with Crippen molar-refractivity contribution in [3.63, 3.8) is 0 Å². The van der Waals surface area contributed by atoms with E-state index in [4.69, 9.17) is 4.63 Å². The smallest absolute Gasteiger partial charge is 0.222 e. The first-order chi connectivity index (χ1) is 11.3. The second-order valence-electron chi connectivity index (χ2n) is 6.78. The van der Waals surface area contributed by atoms with Crippen molar-refractivity contribution in [3.8, 4) is 0 Å². The molecule has 23 heavy (non-hydrogen) atoms. The maximum atomic E-state index is 12.2. The largest absolute Gasteiger partial charge is 0.342 e. The van der Waals surface area contributed by atoms with Gasteiger partial charge < -0.3 is 10.2 Å². The lowest BCUT2D eigenvalue weighted by molar-refractivity contribution is -0.130. The Kier molecular flexibility index (Phi) is 3.99. The van der Waals surface area contributed by atoms with Crippen LogP contribution in [0.4, 0.5) is 0 Å². The zero-order valence-corrected chi connectivity index (χ0v) is 13.2. The molecular weight excluding hydrogens is 292 g/mol. The second kappa shape index (κ2) is 6.28. The van der Waals surface area contributed by atoms with Crippen LogP contribution >= 0.6 is 0 Å². The summed E-state index contributed by atoms with van der Waals surface area (Å²) in [6.07, 6.45) is 5.21. The van der Waals surface area contributed by atoms with Crippen LogP contribution in [-0.2, 0) is 11.3 Å². The highest BCUT2D eigenvalue weighted by atomic mass is 16.6. The van der Waals surface area contributed by atoms with Gasteiger partial charge in [-0.05, 0) is 59.6 Å². The van der Waals surface area contributed by atoms with E-state index in [1.54, 1.807) is 0 Å². The minimum Gasteiger partial charge on any atom is -0.342 e. The summed E-state index contributed by atoms with van der Waals surface area (Å²) in [4.78, 5) is 14.3. The number of likely N-dealkylation sites (tertiary alicyclic amines) is 1. The van der Waals surface area contributed by atoms with E-state index in [1.165, 1.54) is 18.4 Å². The molecule has 1 aromatic carbocycles. The molecule has 6 nitrogen and oxygen atoms in total. The Hall–Kier alpha value is -1.95. The Morgan fingerprint density at radius 2 is 2.04 bits per heavy atom. The fourth-order valence-corrected chi connectivity index (χ4v) is 3.25. The van der Waals surface area contributed by atoms with Crippen molar-refractivity contribution in [2.45, 2.75) is 44.7 Å². The number of hydrogen-bond acceptors (Lipinski definition) is 5. The van der Waals surface area contributed by atoms with Gasteiger partial charge in [0.25, 0.3) is 0 Å². The average molecular weight is 314 g/mol. The van der Waals surface area contributed by atoms with Crippen LogP contribution in [-0.4, -0.2) is 40.3 Å². The maximum absolute atomic E-state index is 12.2. The monoisotopic (exact) mass is 314 g/mol. The summed E-state index contributed by atoms with van der Waals surface area (Å²) in [6, 6.07) is 6.37. The number of nitrogens with one attached hydrogen (secondary N) is 1. The van der Waals surface area contributed by atoms with Gasteiger partial charge >= 0.3 is 0 Å². The molecule has 4 rings (SSSR count). The molecule has 1 unspecified atom stereocenters. The van der Waals surface area contributed by atoms with Crippen LogP contribution in [0.15, 0.2) is 22.8 Å². The molecule has 2 aromatic rings. The van der Waals surface area contributed by atoms with Gasteiger partial charge in [-0.2, -0.15) is 0 Å². The standard InChI is InChI=1S/C17H22N4O2/c22-17-6-4-14(7-8-21(17)11-12-1-2-12)18-10-13-3-5-15-16(9-13)20-23-19-15/h3,5,9,12,14,18H,1-2,4,6-8,10-11H2. The lowest BCUT2D eigenvalue weighted by atomic mass is 10.1. The number of carbonyl (C=O) groups excluding carboxylic acids is 1. The van der Waals surface area contributed by atoms with Crippen LogP contribution in [0.25, 0.3) is 11.0 Å². The Bertz CT molecular complexity index is 695. The number of rotatable bonds is 5. The van der Waals surface area contributed by atoms with E-state index in [0.717, 1.165) is 49.4 Å². The third-order valence-corrected chi connectivity index (χ3v) is 4.90. The van der Waals surface area contributed by atoms with Crippen molar-refractivity contribution in [3.05, 3.63) is 23.8 Å². The van der Waals surface area contributed by atoms with Gasteiger partial charge in [-0.3, -0.25) is 4.79 Å². The minimum atomic E-state index is 0.330. The first-order valence-electron chi connectivity index (χ1n) is 8.50. The summed E-state index contributed by atoms with van der Waals surface area (Å²) in [5, 5.41) is 11.3. The van der Waals surface area contributed by atoms with Gasteiger partial charge in [-0.1, -0.05) is 6.07 Å². The van der Waals surface area contributed by atoms with Gasteiger partial charge in [0.05, 0.1) is 0 Å². The van der Waals surface area contributed by atoms with Crippen LogP contribution in [0.1, 0.15) is 37.7 Å². The third-order valence-electron chi connectivity index (χ3n) is 4.90. The van der Waals surface area contributed by atoms with Gasteiger partial charge in [0, 0.05) is 32.1 Å². The predicted octanol–water partition coefficient (Wildman–Crippen LogP) is 2.10. The molecule has 1 saturated heterocycles. The number of benzene rings is 1. The Morgan fingerprint density at radius 3 is 2.91 bits per heavy atom. The van der Waals surface area contributed by atoms with Crippen LogP contribution in [0.2, 0.25) is 0 Å². The van der Waals surface area contributed by atoms with Gasteiger partial charge in [0.15, 0.2) is 0 Å². The molecule has 1 N–H and O–H groups in total. The van der Waals surface area contributed by atoms with Crippen molar-refractivity contribution < 1.29 is 9.42 Å². The lowest BCUT2D eigenvalue weighted by Gasteiger charge is -2.21. The minimum absolute atomic E-state index is 0.330. The molecule has 122 valence electrons. The van der Waals surface area contributed by atoms with E-state index < -0.39 is 0 Å². The fraction of sp³-hybridized carbons (Fsp3) is 0.588. The molecule has 2 aliphatic rings. The fourth-order valence-electron chi connectivity index (χ4n) is 3.25. The van der Waals surface area contributed by atoms with E-state index in [2.05, 4.69) is 20.5 Å². The van der Waals surface area contributed by atoms with Crippen molar-refractivity contribution in [2.24, 2.45) is 5.92 Å². The molecule has 0 bridgehead atoms. The van der Waals surface area contributed by atoms with E-state index in [1.807, 2.05) is 18.2 Å². The summed E-state index contributed by atoms with van der Waals surface area (Å²) in [5.41, 5.74) is 2.74. The summed E-state index contributed by atoms with van der Waals surface area (Å²) in [6.45, 7) is 2.64.